The highest BCUT2D eigenvalue weighted by Gasteiger charge is 2.24. The predicted molar refractivity (Wildman–Crippen MR) is 135 cm³/mol. The first-order valence-electron chi connectivity index (χ1n) is 11.6. The van der Waals surface area contributed by atoms with Crippen LogP contribution in [-0.4, -0.2) is 86.1 Å². The summed E-state index contributed by atoms with van der Waals surface area (Å²) in [5, 5.41) is 0.807. The second kappa shape index (κ2) is 10.5. The lowest BCUT2D eigenvalue weighted by Gasteiger charge is -2.36. The number of piperazine rings is 1. The fraction of sp³-hybridized carbons (Fsp3) is 0.400. The van der Waals surface area contributed by atoms with Gasteiger partial charge in [-0.1, -0.05) is 36.0 Å². The molecular formula is C25H29N5O3S. The van der Waals surface area contributed by atoms with E-state index in [-0.39, 0.29) is 5.91 Å². The number of methoxy groups -OCH3 is 1. The summed E-state index contributed by atoms with van der Waals surface area (Å²) in [4.78, 5) is 29.3. The molecular weight excluding hydrogens is 450 g/mol. The molecule has 0 radical (unpaired) electrons. The summed E-state index contributed by atoms with van der Waals surface area (Å²) in [6.45, 7) is 5.85. The Balaban J connectivity index is 1.25. The number of morpholine rings is 1. The van der Waals surface area contributed by atoms with E-state index >= 15 is 0 Å². The van der Waals surface area contributed by atoms with E-state index in [0.29, 0.717) is 32.1 Å². The van der Waals surface area contributed by atoms with Crippen molar-refractivity contribution in [3.05, 3.63) is 48.5 Å². The summed E-state index contributed by atoms with van der Waals surface area (Å²) in [6, 6.07) is 15.9. The van der Waals surface area contributed by atoms with Crippen LogP contribution in [0.4, 0.5) is 11.5 Å². The van der Waals surface area contributed by atoms with Crippen LogP contribution in [0.1, 0.15) is 0 Å². The van der Waals surface area contributed by atoms with E-state index in [1.807, 2.05) is 47.4 Å². The first kappa shape index (κ1) is 22.7. The highest BCUT2D eigenvalue weighted by Crippen LogP contribution is 2.31. The summed E-state index contributed by atoms with van der Waals surface area (Å²) in [7, 11) is 1.69. The number of nitrogens with zero attached hydrogens (tertiary/aromatic N) is 5. The molecule has 34 heavy (non-hydrogen) atoms. The molecule has 3 heterocycles. The van der Waals surface area contributed by atoms with Crippen molar-refractivity contribution in [3.63, 3.8) is 0 Å². The highest BCUT2D eigenvalue weighted by atomic mass is 32.2. The van der Waals surface area contributed by atoms with Crippen molar-refractivity contribution >= 4 is 40.2 Å². The maximum Gasteiger partial charge on any atom is 0.233 e. The van der Waals surface area contributed by atoms with Crippen molar-refractivity contribution in [1.29, 1.82) is 0 Å². The number of hydrogen-bond acceptors (Lipinski definition) is 8. The molecule has 0 bridgehead atoms. The van der Waals surface area contributed by atoms with E-state index in [9.17, 15) is 4.79 Å². The number of ether oxygens (including phenoxy) is 2. The van der Waals surface area contributed by atoms with Crippen LogP contribution in [0.5, 0.6) is 5.75 Å². The molecule has 9 heteroatoms. The van der Waals surface area contributed by atoms with Crippen molar-refractivity contribution < 1.29 is 14.3 Å². The third-order valence-electron chi connectivity index (χ3n) is 6.22. The molecule has 2 aromatic carbocycles. The Morgan fingerprint density at radius 2 is 1.59 bits per heavy atom. The summed E-state index contributed by atoms with van der Waals surface area (Å²) in [6.07, 6.45) is 0. The first-order chi connectivity index (χ1) is 16.7. The molecule has 5 rings (SSSR count). The quantitative estimate of drug-likeness (QED) is 0.500. The molecule has 2 aliphatic heterocycles. The maximum absolute atomic E-state index is 13.1. The van der Waals surface area contributed by atoms with Crippen molar-refractivity contribution in [2.24, 2.45) is 0 Å². The number of anilines is 2. The van der Waals surface area contributed by atoms with E-state index in [4.69, 9.17) is 19.4 Å². The number of hydrogen-bond donors (Lipinski definition) is 0. The minimum absolute atomic E-state index is 0.132. The predicted octanol–water partition coefficient (Wildman–Crippen LogP) is 2.92. The molecule has 0 unspecified atom stereocenters. The summed E-state index contributed by atoms with van der Waals surface area (Å²) >= 11 is 1.48. The molecule has 1 aromatic heterocycles. The molecule has 0 atom stereocenters. The Hall–Kier alpha value is -3.04. The molecule has 0 saturated carbocycles. The van der Waals surface area contributed by atoms with Gasteiger partial charge in [0, 0.05) is 39.3 Å². The van der Waals surface area contributed by atoms with Gasteiger partial charge in [-0.15, -0.1) is 0 Å². The van der Waals surface area contributed by atoms with Gasteiger partial charge in [0.15, 0.2) is 5.82 Å². The van der Waals surface area contributed by atoms with Crippen LogP contribution in [0.15, 0.2) is 53.6 Å². The van der Waals surface area contributed by atoms with E-state index in [0.717, 1.165) is 59.5 Å². The number of carbonyl (C=O) groups is 1. The topological polar surface area (TPSA) is 71.0 Å². The SMILES string of the molecule is COc1ccccc1N1CCN(C(=O)CSc2nc3ccccc3nc2N2CCOCC2)CC1. The average Bonchev–Trinajstić information content (AvgIpc) is 2.91. The molecule has 0 spiro atoms. The largest absolute Gasteiger partial charge is 0.495 e. The monoisotopic (exact) mass is 479 g/mol. The minimum Gasteiger partial charge on any atom is -0.495 e. The number of benzene rings is 2. The molecule has 2 aliphatic rings. The fourth-order valence-corrected chi connectivity index (χ4v) is 5.27. The van der Waals surface area contributed by atoms with Gasteiger partial charge in [0.1, 0.15) is 10.8 Å². The smallest absolute Gasteiger partial charge is 0.233 e. The maximum atomic E-state index is 13.1. The van der Waals surface area contributed by atoms with Crippen molar-refractivity contribution in [3.8, 4) is 5.75 Å². The van der Waals surface area contributed by atoms with Gasteiger partial charge in [-0.3, -0.25) is 4.79 Å². The number of fused-ring (bicyclic) bond motifs is 1. The normalized spacial score (nSPS) is 16.7. The number of para-hydroxylation sites is 4. The molecule has 0 N–H and O–H groups in total. The van der Waals surface area contributed by atoms with Crippen LogP contribution in [0.3, 0.4) is 0 Å². The lowest BCUT2D eigenvalue weighted by molar-refractivity contribution is -0.128. The van der Waals surface area contributed by atoms with Gasteiger partial charge < -0.3 is 24.2 Å². The molecule has 3 aromatic rings. The zero-order valence-electron chi connectivity index (χ0n) is 19.4. The van der Waals surface area contributed by atoms with Crippen molar-refractivity contribution in [1.82, 2.24) is 14.9 Å². The van der Waals surface area contributed by atoms with E-state index in [1.165, 1.54) is 11.8 Å². The molecule has 1 amide bonds. The zero-order valence-corrected chi connectivity index (χ0v) is 20.2. The summed E-state index contributed by atoms with van der Waals surface area (Å²) < 4.78 is 11.0. The lowest BCUT2D eigenvalue weighted by Crippen LogP contribution is -2.49. The van der Waals surface area contributed by atoms with Crippen LogP contribution >= 0.6 is 11.8 Å². The lowest BCUT2D eigenvalue weighted by atomic mass is 10.2. The Bertz CT molecular complexity index is 1150. The molecule has 2 saturated heterocycles. The Kier molecular flexibility index (Phi) is 7.01. The van der Waals surface area contributed by atoms with Gasteiger partial charge in [-0.25, -0.2) is 9.97 Å². The third-order valence-corrected chi connectivity index (χ3v) is 7.16. The first-order valence-corrected chi connectivity index (χ1v) is 12.6. The second-order valence-electron chi connectivity index (χ2n) is 8.27. The molecule has 2 fully saturated rings. The van der Waals surface area contributed by atoms with Crippen LogP contribution in [-0.2, 0) is 9.53 Å². The number of rotatable bonds is 6. The van der Waals surface area contributed by atoms with Gasteiger partial charge in [0.2, 0.25) is 5.91 Å². The van der Waals surface area contributed by atoms with Gasteiger partial charge in [-0.2, -0.15) is 0 Å². The van der Waals surface area contributed by atoms with Gasteiger partial charge in [0.25, 0.3) is 0 Å². The Morgan fingerprint density at radius 3 is 2.32 bits per heavy atom. The average molecular weight is 480 g/mol. The molecule has 0 aliphatic carbocycles. The summed E-state index contributed by atoms with van der Waals surface area (Å²) in [5.41, 5.74) is 2.79. The number of amides is 1. The third kappa shape index (κ3) is 4.90. The fourth-order valence-electron chi connectivity index (χ4n) is 4.36. The van der Waals surface area contributed by atoms with Gasteiger partial charge >= 0.3 is 0 Å². The van der Waals surface area contributed by atoms with Gasteiger partial charge in [-0.05, 0) is 24.3 Å². The second-order valence-corrected chi connectivity index (χ2v) is 9.23. The zero-order chi connectivity index (χ0) is 23.3. The van der Waals surface area contributed by atoms with Crippen LogP contribution in [0.25, 0.3) is 11.0 Å². The van der Waals surface area contributed by atoms with Crippen LogP contribution in [0.2, 0.25) is 0 Å². The van der Waals surface area contributed by atoms with Crippen molar-refractivity contribution in [2.75, 3.05) is 75.1 Å². The van der Waals surface area contributed by atoms with E-state index in [1.54, 1.807) is 7.11 Å². The van der Waals surface area contributed by atoms with Crippen LogP contribution in [0, 0.1) is 0 Å². The van der Waals surface area contributed by atoms with Crippen molar-refractivity contribution in [2.45, 2.75) is 5.03 Å². The van der Waals surface area contributed by atoms with E-state index in [2.05, 4.69) is 15.9 Å². The highest BCUT2D eigenvalue weighted by molar-refractivity contribution is 8.00. The Morgan fingerprint density at radius 1 is 0.912 bits per heavy atom. The van der Waals surface area contributed by atoms with Crippen LogP contribution < -0.4 is 14.5 Å². The molecule has 8 nitrogen and oxygen atoms in total. The Labute approximate surface area is 203 Å². The summed E-state index contributed by atoms with van der Waals surface area (Å²) in [5.74, 6) is 2.19. The van der Waals surface area contributed by atoms with Gasteiger partial charge in [0.05, 0.1) is 42.8 Å². The number of aromatic nitrogens is 2. The minimum atomic E-state index is 0.132. The standard InChI is InChI=1S/C25H29N5O3S/c1-32-22-9-5-4-8-21(22)28-10-12-29(13-11-28)23(31)18-34-25-24(30-14-16-33-17-15-30)26-19-6-2-3-7-20(19)27-25/h2-9H,10-18H2,1H3. The number of thioether (sulfide) groups is 1. The number of carbonyl (C=O) groups excluding carboxylic acids is 1. The van der Waals surface area contributed by atoms with E-state index < -0.39 is 0 Å². The molecule has 178 valence electrons.